The number of hydrogen-bond donors (Lipinski definition) is 1. The van der Waals surface area contributed by atoms with Crippen LogP contribution in [0.25, 0.3) is 0 Å². The Kier molecular flexibility index (Phi) is 20.1. The number of amides is 1. The average molecular weight is 679 g/mol. The van der Waals surface area contributed by atoms with E-state index in [1.165, 1.54) is 89.0 Å². The molecule has 0 aliphatic heterocycles. The zero-order valence-electron chi connectivity index (χ0n) is 26.9. The molecule has 0 radical (unpaired) electrons. The molecule has 0 saturated heterocycles. The highest BCUT2D eigenvalue weighted by Gasteiger charge is 2.20. The second-order valence-electron chi connectivity index (χ2n) is 12.5. The Balaban J connectivity index is 0.00000840. The minimum absolute atomic E-state index is 0. The second kappa shape index (κ2) is 22.0. The molecule has 0 saturated carbocycles. The van der Waals surface area contributed by atoms with Crippen molar-refractivity contribution in [1.29, 1.82) is 0 Å². The summed E-state index contributed by atoms with van der Waals surface area (Å²) in [5, 5.41) is 3.07. The Labute approximate surface area is 269 Å². The van der Waals surface area contributed by atoms with E-state index in [2.05, 4.69) is 62.8 Å². The fourth-order valence-electron chi connectivity index (χ4n) is 5.20. The van der Waals surface area contributed by atoms with Gasteiger partial charge in [0.2, 0.25) is 5.91 Å². The summed E-state index contributed by atoms with van der Waals surface area (Å²) < 4.78 is 8.37. The van der Waals surface area contributed by atoms with Gasteiger partial charge in [-0.05, 0) is 42.0 Å². The number of nitrogens with one attached hydrogen (secondary N) is 1. The molecule has 0 spiro atoms. The maximum Gasteiger partial charge on any atom is 0.224 e. The van der Waals surface area contributed by atoms with Crippen molar-refractivity contribution in [1.82, 2.24) is 5.32 Å². The van der Waals surface area contributed by atoms with Gasteiger partial charge in [0.15, 0.2) is 12.4 Å². The van der Waals surface area contributed by atoms with Crippen molar-refractivity contribution in [3.05, 3.63) is 59.4 Å². The molecule has 1 aromatic heterocycles. The first-order valence-electron chi connectivity index (χ1n) is 16.3. The van der Waals surface area contributed by atoms with E-state index in [1.54, 1.807) is 0 Å². The molecule has 41 heavy (non-hydrogen) atoms. The molecule has 232 valence electrons. The Morgan fingerprint density at radius 1 is 0.805 bits per heavy atom. The number of aromatic nitrogens is 1. The third-order valence-electron chi connectivity index (χ3n) is 7.75. The SMILES string of the molecule is CCCCCCCCCCCCCCCCOc1ccc(CC(=O)NCc2ccc[n+](CC)c2)cc1C(C)(C)C.[I-]. The number of carbonyl (C=O) groups excluding carboxylic acids is 1. The van der Waals surface area contributed by atoms with Crippen molar-refractivity contribution >= 4 is 5.91 Å². The molecule has 0 atom stereocenters. The van der Waals surface area contributed by atoms with Gasteiger partial charge in [0.1, 0.15) is 12.3 Å². The van der Waals surface area contributed by atoms with Gasteiger partial charge < -0.3 is 34.0 Å². The summed E-state index contributed by atoms with van der Waals surface area (Å²) in [5.41, 5.74) is 3.27. The van der Waals surface area contributed by atoms with Crippen molar-refractivity contribution in [3.8, 4) is 5.75 Å². The number of unbranched alkanes of at least 4 members (excludes halogenated alkanes) is 13. The number of ether oxygens (including phenoxy) is 1. The van der Waals surface area contributed by atoms with Crippen LogP contribution in [0.1, 0.15) is 141 Å². The number of hydrogen-bond acceptors (Lipinski definition) is 2. The molecule has 4 nitrogen and oxygen atoms in total. The van der Waals surface area contributed by atoms with Crippen LogP contribution in [0.15, 0.2) is 42.7 Å². The zero-order valence-corrected chi connectivity index (χ0v) is 29.1. The number of pyridine rings is 1. The van der Waals surface area contributed by atoms with E-state index in [0.29, 0.717) is 13.0 Å². The fraction of sp³-hybridized carbons (Fsp3) is 0.667. The van der Waals surface area contributed by atoms with Crippen molar-refractivity contribution < 1.29 is 38.1 Å². The summed E-state index contributed by atoms with van der Waals surface area (Å²) >= 11 is 0. The van der Waals surface area contributed by atoms with E-state index in [9.17, 15) is 4.79 Å². The number of nitrogens with zero attached hydrogens (tertiary/aromatic N) is 1. The Morgan fingerprint density at radius 3 is 1.95 bits per heavy atom. The van der Waals surface area contributed by atoms with E-state index in [1.807, 2.05) is 24.4 Å². The summed E-state index contributed by atoms with van der Waals surface area (Å²) in [6.45, 7) is 13.3. The predicted octanol–water partition coefficient (Wildman–Crippen LogP) is 6.01. The van der Waals surface area contributed by atoms with Crippen molar-refractivity contribution in [2.24, 2.45) is 0 Å². The minimum Gasteiger partial charge on any atom is -1.00 e. The van der Waals surface area contributed by atoms with Crippen molar-refractivity contribution in [2.45, 2.75) is 149 Å². The van der Waals surface area contributed by atoms with E-state index >= 15 is 0 Å². The molecule has 1 amide bonds. The van der Waals surface area contributed by atoms with Gasteiger partial charge in [0, 0.05) is 18.2 Å². The monoisotopic (exact) mass is 678 g/mol. The number of benzene rings is 1. The largest absolute Gasteiger partial charge is 1.00 e. The van der Waals surface area contributed by atoms with Gasteiger partial charge >= 0.3 is 0 Å². The maximum atomic E-state index is 12.7. The number of aryl methyl sites for hydroxylation is 1. The van der Waals surface area contributed by atoms with Crippen LogP contribution in [0.4, 0.5) is 0 Å². The molecular weight excluding hydrogens is 619 g/mol. The molecule has 0 aliphatic rings. The molecule has 0 unspecified atom stereocenters. The lowest BCUT2D eigenvalue weighted by molar-refractivity contribution is -0.694. The molecule has 0 bridgehead atoms. The van der Waals surface area contributed by atoms with E-state index in [0.717, 1.165) is 36.4 Å². The topological polar surface area (TPSA) is 42.2 Å². The lowest BCUT2D eigenvalue weighted by Gasteiger charge is -2.24. The van der Waals surface area contributed by atoms with Gasteiger partial charge in [-0.1, -0.05) is 123 Å². The standard InChI is InChI=1S/C36H58N2O2.HI/c1-6-8-9-10-11-12-13-14-15-16-17-18-19-20-26-40-34-24-23-31(27-33(34)36(3,4)5)28-35(39)37-29-32-22-21-25-38(7-2)30-32;/h21-25,27,30H,6-20,26,28-29H2,1-5H3;1H. The third kappa shape index (κ3) is 16.6. The second-order valence-corrected chi connectivity index (χ2v) is 12.5. The molecule has 5 heteroatoms. The first kappa shape index (κ1) is 37.4. The third-order valence-corrected chi connectivity index (χ3v) is 7.75. The van der Waals surface area contributed by atoms with Crippen LogP contribution in [0.5, 0.6) is 5.75 Å². The van der Waals surface area contributed by atoms with Crippen molar-refractivity contribution in [3.63, 3.8) is 0 Å². The predicted molar refractivity (Wildman–Crippen MR) is 169 cm³/mol. The Bertz CT molecular complexity index is 970. The highest BCUT2D eigenvalue weighted by Crippen LogP contribution is 2.32. The molecule has 0 fully saturated rings. The first-order chi connectivity index (χ1) is 19.3. The molecular formula is C36H59IN2O2. The van der Waals surface area contributed by atoms with Crippen LogP contribution in [-0.2, 0) is 29.7 Å². The normalized spacial score (nSPS) is 11.2. The number of halogens is 1. The highest BCUT2D eigenvalue weighted by molar-refractivity contribution is 5.78. The van der Waals surface area contributed by atoms with Crippen LogP contribution >= 0.6 is 0 Å². The molecule has 1 N–H and O–H groups in total. The quantitative estimate of drug-likeness (QED) is 0.0999. The number of carbonyl (C=O) groups is 1. The highest BCUT2D eigenvalue weighted by atomic mass is 127. The van der Waals surface area contributed by atoms with Gasteiger partial charge in [-0.3, -0.25) is 4.79 Å². The molecule has 2 aromatic rings. The van der Waals surface area contributed by atoms with Gasteiger partial charge in [-0.15, -0.1) is 0 Å². The molecule has 0 aliphatic carbocycles. The number of rotatable bonds is 21. The summed E-state index contributed by atoms with van der Waals surface area (Å²) in [7, 11) is 0. The van der Waals surface area contributed by atoms with E-state index in [4.69, 9.17) is 4.74 Å². The summed E-state index contributed by atoms with van der Waals surface area (Å²) in [4.78, 5) is 12.7. The van der Waals surface area contributed by atoms with Crippen molar-refractivity contribution in [2.75, 3.05) is 6.61 Å². The summed E-state index contributed by atoms with van der Waals surface area (Å²) in [6.07, 6.45) is 23.6. The minimum atomic E-state index is -0.0465. The van der Waals surface area contributed by atoms with Crippen LogP contribution in [0, 0.1) is 0 Å². The lowest BCUT2D eigenvalue weighted by atomic mass is 9.85. The van der Waals surface area contributed by atoms with Gasteiger partial charge in [0.25, 0.3) is 0 Å². The lowest BCUT2D eigenvalue weighted by Crippen LogP contribution is -3.00. The molecule has 1 heterocycles. The fourth-order valence-corrected chi connectivity index (χ4v) is 5.20. The molecule has 1 aromatic carbocycles. The van der Waals surface area contributed by atoms with Crippen LogP contribution in [-0.4, -0.2) is 12.5 Å². The Morgan fingerprint density at radius 2 is 1.39 bits per heavy atom. The maximum absolute atomic E-state index is 12.7. The Hall–Kier alpha value is -1.63. The van der Waals surface area contributed by atoms with E-state index in [-0.39, 0.29) is 35.3 Å². The summed E-state index contributed by atoms with van der Waals surface area (Å²) in [6, 6.07) is 10.3. The smallest absolute Gasteiger partial charge is 0.224 e. The van der Waals surface area contributed by atoms with Crippen LogP contribution < -0.4 is 38.6 Å². The first-order valence-corrected chi connectivity index (χ1v) is 16.3. The summed E-state index contributed by atoms with van der Waals surface area (Å²) in [5.74, 6) is 1.00. The van der Waals surface area contributed by atoms with Crippen LogP contribution in [0.3, 0.4) is 0 Å². The van der Waals surface area contributed by atoms with Gasteiger partial charge in [0.05, 0.1) is 13.0 Å². The molecule has 2 rings (SSSR count). The van der Waals surface area contributed by atoms with Gasteiger partial charge in [-0.2, -0.15) is 0 Å². The average Bonchev–Trinajstić information content (AvgIpc) is 2.94. The van der Waals surface area contributed by atoms with E-state index < -0.39 is 0 Å². The zero-order chi connectivity index (χ0) is 29.1. The van der Waals surface area contributed by atoms with Crippen LogP contribution in [0.2, 0.25) is 0 Å². The van der Waals surface area contributed by atoms with Gasteiger partial charge in [-0.25, -0.2) is 4.57 Å².